The fraction of sp³-hybridized carbons (Fsp3) is 0.240. The number of carbonyl (C=O) groups excluding carboxylic acids is 2. The Labute approximate surface area is 215 Å². The third-order valence-corrected chi connectivity index (χ3v) is 7.02. The molecule has 0 spiro atoms. The Hall–Kier alpha value is -3.87. The van der Waals surface area contributed by atoms with Crippen molar-refractivity contribution in [2.75, 3.05) is 4.90 Å². The van der Waals surface area contributed by atoms with E-state index in [0.717, 1.165) is 5.56 Å². The van der Waals surface area contributed by atoms with Crippen LogP contribution in [-0.2, 0) is 21.5 Å². The van der Waals surface area contributed by atoms with Crippen LogP contribution in [0.1, 0.15) is 41.4 Å². The van der Waals surface area contributed by atoms with Crippen LogP contribution in [0.15, 0.2) is 48.7 Å². The van der Waals surface area contributed by atoms with E-state index in [1.807, 2.05) is 0 Å². The number of nitrogens with one attached hydrogen (secondary N) is 1. The Morgan fingerprint density at radius 2 is 1.81 bits per heavy atom. The minimum atomic E-state index is -1.31. The molecular weight excluding hydrogens is 505 g/mol. The molecule has 2 heterocycles. The minimum absolute atomic E-state index is 0.0534. The number of benzene rings is 2. The fourth-order valence-corrected chi connectivity index (χ4v) is 5.04. The lowest BCUT2D eigenvalue weighted by Gasteiger charge is -2.27. The second kappa shape index (κ2) is 8.36. The maximum absolute atomic E-state index is 14.0. The number of carboxylic acid groups (broad SMARTS) is 1. The molecule has 2 aromatic carbocycles. The maximum Gasteiger partial charge on any atom is 0.329 e. The molecule has 2 aliphatic rings. The first-order chi connectivity index (χ1) is 17.1. The van der Waals surface area contributed by atoms with Crippen LogP contribution < -0.4 is 10.2 Å². The highest BCUT2D eigenvalue weighted by Gasteiger charge is 2.54. The summed E-state index contributed by atoms with van der Waals surface area (Å²) >= 11 is 12.4. The van der Waals surface area contributed by atoms with E-state index in [9.17, 15) is 19.5 Å². The van der Waals surface area contributed by atoms with Crippen molar-refractivity contribution in [1.29, 1.82) is 5.26 Å². The molecular formula is C25H19Cl2N5O4. The first-order valence-electron chi connectivity index (χ1n) is 11.0. The molecule has 1 aliphatic heterocycles. The standard InChI is InChI=1S/C25H19Cl2N5O4/c1-24(11-14-2-4-15(12-28)5-3-14)21(34)31(18-9-16(26)8-17(27)10-18)23-29-13-19(32(23)24)20(33)30-25(6-7-25)22(35)36/h2-5,8-10,13H,6-7,11H2,1H3,(H,30,33)(H,35,36). The topological polar surface area (TPSA) is 128 Å². The molecule has 2 amide bonds. The molecule has 9 nitrogen and oxygen atoms in total. The molecule has 3 aromatic rings. The van der Waals surface area contributed by atoms with Gasteiger partial charge in [0.05, 0.1) is 23.5 Å². The van der Waals surface area contributed by atoms with E-state index < -0.39 is 23.0 Å². The van der Waals surface area contributed by atoms with Crippen LogP contribution >= 0.6 is 23.2 Å². The van der Waals surface area contributed by atoms with Gasteiger partial charge in [-0.05, 0) is 55.7 Å². The summed E-state index contributed by atoms with van der Waals surface area (Å²) in [6, 6.07) is 13.5. The Morgan fingerprint density at radius 3 is 2.36 bits per heavy atom. The maximum atomic E-state index is 14.0. The summed E-state index contributed by atoms with van der Waals surface area (Å²) in [5.74, 6) is -1.94. The summed E-state index contributed by atoms with van der Waals surface area (Å²) in [5, 5.41) is 21.9. The van der Waals surface area contributed by atoms with Crippen LogP contribution in [-0.4, -0.2) is 38.0 Å². The van der Waals surface area contributed by atoms with Crippen LogP contribution in [0, 0.1) is 11.3 Å². The highest BCUT2D eigenvalue weighted by atomic mass is 35.5. The first-order valence-corrected chi connectivity index (χ1v) is 11.8. The summed E-state index contributed by atoms with van der Waals surface area (Å²) in [5.41, 5.74) is -0.952. The summed E-state index contributed by atoms with van der Waals surface area (Å²) in [6.07, 6.45) is 2.15. The van der Waals surface area contributed by atoms with Gasteiger partial charge in [0.1, 0.15) is 16.8 Å². The summed E-state index contributed by atoms with van der Waals surface area (Å²) in [4.78, 5) is 44.6. The lowest BCUT2D eigenvalue weighted by Crippen LogP contribution is -2.46. The van der Waals surface area contributed by atoms with Gasteiger partial charge in [0, 0.05) is 16.5 Å². The number of anilines is 2. The Kier molecular flexibility index (Phi) is 5.54. The van der Waals surface area contributed by atoms with E-state index >= 15 is 0 Å². The zero-order valence-electron chi connectivity index (χ0n) is 19.0. The van der Waals surface area contributed by atoms with Crippen LogP contribution in [0.5, 0.6) is 0 Å². The number of rotatable bonds is 6. The summed E-state index contributed by atoms with van der Waals surface area (Å²) in [7, 11) is 0. The van der Waals surface area contributed by atoms with Crippen molar-refractivity contribution in [2.24, 2.45) is 0 Å². The van der Waals surface area contributed by atoms with Crippen molar-refractivity contribution in [3.63, 3.8) is 0 Å². The molecule has 11 heteroatoms. The SMILES string of the molecule is CC1(Cc2ccc(C#N)cc2)C(=O)N(c2cc(Cl)cc(Cl)c2)c2ncc(C(=O)NC3(C(=O)O)CC3)n21. The van der Waals surface area contributed by atoms with Crippen molar-refractivity contribution in [2.45, 2.75) is 37.3 Å². The van der Waals surface area contributed by atoms with Gasteiger partial charge >= 0.3 is 5.97 Å². The van der Waals surface area contributed by atoms with Gasteiger partial charge in [-0.25, -0.2) is 14.7 Å². The highest BCUT2D eigenvalue weighted by Crippen LogP contribution is 2.44. The Morgan fingerprint density at radius 1 is 1.17 bits per heavy atom. The molecule has 5 rings (SSSR count). The zero-order chi connectivity index (χ0) is 25.8. The number of fused-ring (bicyclic) bond motifs is 1. The van der Waals surface area contributed by atoms with E-state index in [0.29, 0.717) is 34.1 Å². The van der Waals surface area contributed by atoms with Gasteiger partial charge in [0.2, 0.25) is 5.95 Å². The van der Waals surface area contributed by atoms with Gasteiger partial charge in [0.25, 0.3) is 11.8 Å². The molecule has 1 fully saturated rings. The number of carboxylic acids is 1. The first kappa shape index (κ1) is 23.9. The van der Waals surface area contributed by atoms with E-state index in [2.05, 4.69) is 16.4 Å². The number of carbonyl (C=O) groups is 3. The van der Waals surface area contributed by atoms with Gasteiger partial charge < -0.3 is 10.4 Å². The predicted octanol–water partition coefficient (Wildman–Crippen LogP) is 4.04. The van der Waals surface area contributed by atoms with Gasteiger partial charge in [-0.15, -0.1) is 0 Å². The molecule has 1 saturated carbocycles. The molecule has 0 radical (unpaired) electrons. The third-order valence-electron chi connectivity index (χ3n) is 6.58. The second-order valence-corrected chi connectivity index (χ2v) is 10.0. The van der Waals surface area contributed by atoms with Crippen molar-refractivity contribution >= 4 is 52.6 Å². The van der Waals surface area contributed by atoms with E-state index in [-0.39, 0.29) is 24.0 Å². The number of hydrogen-bond donors (Lipinski definition) is 2. The van der Waals surface area contributed by atoms with Crippen molar-refractivity contribution in [3.05, 3.63) is 75.5 Å². The quantitative estimate of drug-likeness (QED) is 0.501. The second-order valence-electron chi connectivity index (χ2n) is 9.15. The zero-order valence-corrected chi connectivity index (χ0v) is 20.5. The van der Waals surface area contributed by atoms with Gasteiger partial charge in [-0.2, -0.15) is 5.26 Å². The van der Waals surface area contributed by atoms with Crippen LogP contribution in [0.2, 0.25) is 10.0 Å². The lowest BCUT2D eigenvalue weighted by atomic mass is 9.91. The van der Waals surface area contributed by atoms with Gasteiger partial charge in [-0.1, -0.05) is 35.3 Å². The van der Waals surface area contributed by atoms with Crippen molar-refractivity contribution < 1.29 is 19.5 Å². The monoisotopic (exact) mass is 523 g/mol. The number of imidazole rings is 1. The predicted molar refractivity (Wildman–Crippen MR) is 131 cm³/mol. The number of hydrogen-bond acceptors (Lipinski definition) is 5. The molecule has 1 aromatic heterocycles. The van der Waals surface area contributed by atoms with E-state index in [4.69, 9.17) is 28.5 Å². The fourth-order valence-electron chi connectivity index (χ4n) is 4.52. The number of nitrogens with zero attached hydrogens (tertiary/aromatic N) is 4. The number of aromatic nitrogens is 2. The molecule has 0 bridgehead atoms. The highest BCUT2D eigenvalue weighted by molar-refractivity contribution is 6.35. The lowest BCUT2D eigenvalue weighted by molar-refractivity contribution is -0.140. The number of aliphatic carboxylic acids is 1. The number of halogens is 2. The molecule has 0 saturated heterocycles. The average Bonchev–Trinajstić information content (AvgIpc) is 3.42. The molecule has 182 valence electrons. The molecule has 36 heavy (non-hydrogen) atoms. The van der Waals surface area contributed by atoms with Gasteiger partial charge in [0.15, 0.2) is 0 Å². The number of amides is 2. The Balaban J connectivity index is 1.62. The van der Waals surface area contributed by atoms with Crippen molar-refractivity contribution in [3.8, 4) is 6.07 Å². The van der Waals surface area contributed by atoms with Gasteiger partial charge in [-0.3, -0.25) is 14.2 Å². The average molecular weight is 524 g/mol. The summed E-state index contributed by atoms with van der Waals surface area (Å²) < 4.78 is 1.52. The minimum Gasteiger partial charge on any atom is -0.480 e. The third kappa shape index (κ3) is 3.79. The van der Waals surface area contributed by atoms with Crippen molar-refractivity contribution in [1.82, 2.24) is 14.9 Å². The van der Waals surface area contributed by atoms with Crippen LogP contribution in [0.25, 0.3) is 0 Å². The van der Waals surface area contributed by atoms with E-state index in [1.54, 1.807) is 43.3 Å². The smallest absolute Gasteiger partial charge is 0.329 e. The largest absolute Gasteiger partial charge is 0.480 e. The van der Waals surface area contributed by atoms with Crippen LogP contribution in [0.4, 0.5) is 11.6 Å². The molecule has 1 unspecified atom stereocenters. The van der Waals surface area contributed by atoms with E-state index in [1.165, 1.54) is 21.7 Å². The number of nitriles is 1. The Bertz CT molecular complexity index is 1450. The summed E-state index contributed by atoms with van der Waals surface area (Å²) in [6.45, 7) is 1.69. The molecule has 1 atom stereocenters. The van der Waals surface area contributed by atoms with Crippen LogP contribution in [0.3, 0.4) is 0 Å². The molecule has 1 aliphatic carbocycles. The normalized spacial score (nSPS) is 19.5. The molecule has 2 N–H and O–H groups in total.